The quantitative estimate of drug-likeness (QED) is 0.492. The third kappa shape index (κ3) is 4.88. The maximum absolute atomic E-state index is 14.8. The first-order chi connectivity index (χ1) is 17.0. The maximum atomic E-state index is 14.8. The number of anilines is 1. The van der Waals surface area contributed by atoms with Gasteiger partial charge in [0.1, 0.15) is 35.2 Å². The Labute approximate surface area is 202 Å². The standard InChI is InChI=1S/C27H27FN2O5/c28-22-7-6-18-8-10-30(14-21(18)26(22)29-19-9-11-34-16-19)27(33)25-23(32)12-20(31)13-24(25)35-15-17-4-2-1-3-5-17/h1-7,12-13,19,29,31-32H,8-11,14-16H2. The first-order valence-electron chi connectivity index (χ1n) is 11.7. The summed E-state index contributed by atoms with van der Waals surface area (Å²) in [5.41, 5.74) is 2.94. The van der Waals surface area contributed by atoms with Gasteiger partial charge in [0.05, 0.1) is 18.3 Å². The molecule has 0 bridgehead atoms. The summed E-state index contributed by atoms with van der Waals surface area (Å²) in [4.78, 5) is 15.2. The van der Waals surface area contributed by atoms with Crippen LogP contribution >= 0.6 is 0 Å². The number of hydrogen-bond acceptors (Lipinski definition) is 6. The molecule has 3 aromatic carbocycles. The largest absolute Gasteiger partial charge is 0.508 e. The second-order valence-corrected chi connectivity index (χ2v) is 8.85. The SMILES string of the molecule is O=C(c1c(O)cc(O)cc1OCc1ccccc1)N1CCc2ccc(F)c(NC3CCOC3)c2C1. The van der Waals surface area contributed by atoms with Crippen molar-refractivity contribution >= 4 is 11.6 Å². The van der Waals surface area contributed by atoms with Crippen molar-refractivity contribution in [3.8, 4) is 17.2 Å². The van der Waals surface area contributed by atoms with Gasteiger partial charge in [-0.1, -0.05) is 36.4 Å². The molecule has 35 heavy (non-hydrogen) atoms. The molecule has 1 amide bonds. The van der Waals surface area contributed by atoms with E-state index in [4.69, 9.17) is 9.47 Å². The zero-order chi connectivity index (χ0) is 24.4. The van der Waals surface area contributed by atoms with Crippen LogP contribution in [0.15, 0.2) is 54.6 Å². The van der Waals surface area contributed by atoms with E-state index in [0.717, 1.165) is 29.2 Å². The molecular formula is C27H27FN2O5. The van der Waals surface area contributed by atoms with Gasteiger partial charge in [0.25, 0.3) is 5.91 Å². The Morgan fingerprint density at radius 2 is 2.00 bits per heavy atom. The predicted molar refractivity (Wildman–Crippen MR) is 128 cm³/mol. The van der Waals surface area contributed by atoms with Crippen molar-refractivity contribution in [2.45, 2.75) is 32.0 Å². The smallest absolute Gasteiger partial charge is 0.261 e. The molecule has 1 unspecified atom stereocenters. The highest BCUT2D eigenvalue weighted by Crippen LogP contribution is 2.37. The molecule has 3 N–H and O–H groups in total. The fourth-order valence-corrected chi connectivity index (χ4v) is 4.59. The van der Waals surface area contributed by atoms with Crippen LogP contribution in [0.2, 0.25) is 0 Å². The molecule has 5 rings (SSSR count). The highest BCUT2D eigenvalue weighted by molar-refractivity contribution is 6.00. The van der Waals surface area contributed by atoms with E-state index >= 15 is 0 Å². The third-order valence-corrected chi connectivity index (χ3v) is 6.44. The molecule has 2 aliphatic heterocycles. The highest BCUT2D eigenvalue weighted by Gasteiger charge is 2.30. The van der Waals surface area contributed by atoms with Gasteiger partial charge in [0, 0.05) is 37.4 Å². The van der Waals surface area contributed by atoms with Gasteiger partial charge in [-0.15, -0.1) is 0 Å². The van der Waals surface area contributed by atoms with Gasteiger partial charge in [-0.25, -0.2) is 4.39 Å². The summed E-state index contributed by atoms with van der Waals surface area (Å²) in [6, 6.07) is 15.1. The number of rotatable bonds is 6. The fourth-order valence-electron chi connectivity index (χ4n) is 4.59. The number of phenolic OH excluding ortho intramolecular Hbond substituents is 2. The third-order valence-electron chi connectivity index (χ3n) is 6.44. The number of aromatic hydroxyl groups is 2. The zero-order valence-corrected chi connectivity index (χ0v) is 19.2. The van der Waals surface area contributed by atoms with Crippen molar-refractivity contribution in [1.29, 1.82) is 0 Å². The Hall–Kier alpha value is -3.78. The number of benzene rings is 3. The number of carbonyl (C=O) groups excluding carboxylic acids is 1. The van der Waals surface area contributed by atoms with E-state index in [-0.39, 0.29) is 47.8 Å². The summed E-state index contributed by atoms with van der Waals surface area (Å²) < 4.78 is 26.1. The summed E-state index contributed by atoms with van der Waals surface area (Å²) >= 11 is 0. The molecule has 0 saturated carbocycles. The van der Waals surface area contributed by atoms with Crippen LogP contribution in [-0.2, 0) is 24.3 Å². The molecule has 8 heteroatoms. The van der Waals surface area contributed by atoms with Crippen molar-refractivity contribution in [3.05, 3.63) is 82.7 Å². The molecule has 0 aliphatic carbocycles. The van der Waals surface area contributed by atoms with E-state index < -0.39 is 5.91 Å². The molecule has 3 aromatic rings. The summed E-state index contributed by atoms with van der Waals surface area (Å²) in [6.45, 7) is 1.89. The lowest BCUT2D eigenvalue weighted by Gasteiger charge is -2.32. The van der Waals surface area contributed by atoms with Crippen molar-refractivity contribution in [2.24, 2.45) is 0 Å². The number of phenols is 2. The first kappa shape index (κ1) is 23.0. The van der Waals surface area contributed by atoms with Crippen LogP contribution in [0.25, 0.3) is 0 Å². The summed E-state index contributed by atoms with van der Waals surface area (Å²) in [6.07, 6.45) is 1.34. The van der Waals surface area contributed by atoms with Crippen molar-refractivity contribution in [2.75, 3.05) is 25.1 Å². The Balaban J connectivity index is 1.41. The normalized spacial score (nSPS) is 17.2. The van der Waals surface area contributed by atoms with E-state index in [0.29, 0.717) is 31.9 Å². The number of ether oxygens (including phenoxy) is 2. The van der Waals surface area contributed by atoms with Gasteiger partial charge in [0.15, 0.2) is 0 Å². The van der Waals surface area contributed by atoms with Crippen LogP contribution in [0.5, 0.6) is 17.2 Å². The molecule has 182 valence electrons. The molecule has 1 saturated heterocycles. The Kier molecular flexibility index (Phi) is 6.46. The van der Waals surface area contributed by atoms with Crippen LogP contribution in [0.3, 0.4) is 0 Å². The van der Waals surface area contributed by atoms with Crippen LogP contribution < -0.4 is 10.1 Å². The lowest BCUT2D eigenvalue weighted by molar-refractivity contribution is 0.0726. The Morgan fingerprint density at radius 3 is 2.77 bits per heavy atom. The van der Waals surface area contributed by atoms with E-state index in [1.54, 1.807) is 11.0 Å². The number of carbonyl (C=O) groups is 1. The molecule has 0 radical (unpaired) electrons. The molecule has 7 nitrogen and oxygen atoms in total. The van der Waals surface area contributed by atoms with Crippen LogP contribution in [0.1, 0.15) is 33.5 Å². The number of halogens is 1. The molecular weight excluding hydrogens is 451 g/mol. The fraction of sp³-hybridized carbons (Fsp3) is 0.296. The van der Waals surface area contributed by atoms with Gasteiger partial charge in [-0.05, 0) is 30.0 Å². The number of hydrogen-bond donors (Lipinski definition) is 3. The summed E-state index contributed by atoms with van der Waals surface area (Å²) in [5.74, 6) is -1.31. The average Bonchev–Trinajstić information content (AvgIpc) is 3.37. The van der Waals surface area contributed by atoms with Crippen LogP contribution in [-0.4, -0.2) is 46.8 Å². The van der Waals surface area contributed by atoms with Crippen molar-refractivity contribution in [3.63, 3.8) is 0 Å². The molecule has 0 spiro atoms. The van der Waals surface area contributed by atoms with E-state index in [9.17, 15) is 19.4 Å². The van der Waals surface area contributed by atoms with Crippen LogP contribution in [0.4, 0.5) is 10.1 Å². The maximum Gasteiger partial charge on any atom is 0.261 e. The van der Waals surface area contributed by atoms with Gasteiger partial charge in [-0.2, -0.15) is 0 Å². The minimum Gasteiger partial charge on any atom is -0.508 e. The van der Waals surface area contributed by atoms with Gasteiger partial charge in [-0.3, -0.25) is 4.79 Å². The number of nitrogens with one attached hydrogen (secondary N) is 1. The van der Waals surface area contributed by atoms with Gasteiger partial charge >= 0.3 is 0 Å². The second-order valence-electron chi connectivity index (χ2n) is 8.85. The van der Waals surface area contributed by atoms with E-state index in [1.165, 1.54) is 12.1 Å². The highest BCUT2D eigenvalue weighted by atomic mass is 19.1. The lowest BCUT2D eigenvalue weighted by atomic mass is 9.96. The number of fused-ring (bicyclic) bond motifs is 1. The Morgan fingerprint density at radius 1 is 1.17 bits per heavy atom. The van der Waals surface area contributed by atoms with E-state index in [1.807, 2.05) is 30.3 Å². The minimum atomic E-state index is -0.448. The summed E-state index contributed by atoms with van der Waals surface area (Å²) in [5, 5.41) is 23.9. The molecule has 2 heterocycles. The Bertz CT molecular complexity index is 1230. The lowest BCUT2D eigenvalue weighted by Crippen LogP contribution is -2.37. The van der Waals surface area contributed by atoms with E-state index in [2.05, 4.69) is 5.32 Å². The van der Waals surface area contributed by atoms with Crippen molar-refractivity contribution < 1.29 is 28.9 Å². The number of nitrogens with zero attached hydrogens (tertiary/aromatic N) is 1. The minimum absolute atomic E-state index is 0.0150. The molecule has 1 fully saturated rings. The first-order valence-corrected chi connectivity index (χ1v) is 11.7. The topological polar surface area (TPSA) is 91.3 Å². The monoisotopic (exact) mass is 478 g/mol. The number of amides is 1. The summed E-state index contributed by atoms with van der Waals surface area (Å²) in [7, 11) is 0. The second kappa shape index (κ2) is 9.84. The molecule has 1 atom stereocenters. The molecule has 0 aromatic heterocycles. The van der Waals surface area contributed by atoms with Crippen molar-refractivity contribution in [1.82, 2.24) is 4.90 Å². The van der Waals surface area contributed by atoms with Gasteiger partial charge < -0.3 is 29.9 Å². The molecule has 2 aliphatic rings. The van der Waals surface area contributed by atoms with Gasteiger partial charge in [0.2, 0.25) is 0 Å². The van der Waals surface area contributed by atoms with Crippen LogP contribution in [0, 0.1) is 5.82 Å². The predicted octanol–water partition coefficient (Wildman–Crippen LogP) is 4.22. The average molecular weight is 479 g/mol. The zero-order valence-electron chi connectivity index (χ0n) is 19.2.